The third-order valence-electron chi connectivity index (χ3n) is 3.27. The summed E-state index contributed by atoms with van der Waals surface area (Å²) in [5.74, 6) is 1.32. The summed E-state index contributed by atoms with van der Waals surface area (Å²) in [5, 5.41) is 10.9. The normalized spacial score (nSPS) is 13.7. The van der Waals surface area contributed by atoms with Gasteiger partial charge in [-0.1, -0.05) is 30.3 Å². The molecule has 0 aromatic heterocycles. The number of hydrogen-bond donors (Lipinski definition) is 1. The molecule has 0 aliphatic rings. The minimum absolute atomic E-state index is 0.634. The molecule has 0 fully saturated rings. The van der Waals surface area contributed by atoms with Crippen molar-refractivity contribution < 1.29 is 14.6 Å². The van der Waals surface area contributed by atoms with Crippen LogP contribution < -0.4 is 9.47 Å². The molecule has 0 spiro atoms. The Balaban J connectivity index is 2.56. The maximum absolute atomic E-state index is 10.9. The van der Waals surface area contributed by atoms with Gasteiger partial charge >= 0.3 is 0 Å². The fraction of sp³-hybridized carbons (Fsp3) is 0.250. The molecule has 0 saturated heterocycles. The summed E-state index contributed by atoms with van der Waals surface area (Å²) in [6.07, 6.45) is 0. The quantitative estimate of drug-likeness (QED) is 0.916. The lowest BCUT2D eigenvalue weighted by Gasteiger charge is -2.26. The third-order valence-corrected chi connectivity index (χ3v) is 3.27. The zero-order chi connectivity index (χ0) is 13.9. The highest BCUT2D eigenvalue weighted by Crippen LogP contribution is 2.37. The first-order chi connectivity index (χ1) is 9.09. The average molecular weight is 258 g/mol. The maximum Gasteiger partial charge on any atom is 0.125 e. The molecule has 2 rings (SSSR count). The van der Waals surface area contributed by atoms with Crippen LogP contribution in [0.5, 0.6) is 11.5 Å². The lowest BCUT2D eigenvalue weighted by Crippen LogP contribution is -2.23. The Bertz CT molecular complexity index is 547. The second-order valence-electron chi connectivity index (χ2n) is 4.50. The number of benzene rings is 2. The molecule has 0 aliphatic carbocycles. The molecule has 0 bridgehead atoms. The van der Waals surface area contributed by atoms with Crippen molar-refractivity contribution in [1.82, 2.24) is 0 Å². The van der Waals surface area contributed by atoms with Crippen LogP contribution in [0.15, 0.2) is 48.5 Å². The molecule has 19 heavy (non-hydrogen) atoms. The van der Waals surface area contributed by atoms with E-state index in [0.717, 1.165) is 5.56 Å². The van der Waals surface area contributed by atoms with E-state index in [0.29, 0.717) is 17.1 Å². The number of aliphatic hydroxyl groups is 1. The maximum atomic E-state index is 10.9. The molecular formula is C16H18O3. The molecule has 1 N–H and O–H groups in total. The third kappa shape index (κ3) is 2.56. The molecule has 1 unspecified atom stereocenters. The van der Waals surface area contributed by atoms with Gasteiger partial charge in [0.1, 0.15) is 17.1 Å². The molecule has 2 aromatic rings. The molecule has 3 heteroatoms. The average Bonchev–Trinajstić information content (AvgIpc) is 2.47. The summed E-state index contributed by atoms with van der Waals surface area (Å²) in [6, 6.07) is 14.9. The van der Waals surface area contributed by atoms with Crippen molar-refractivity contribution in [2.75, 3.05) is 14.2 Å². The summed E-state index contributed by atoms with van der Waals surface area (Å²) in [5.41, 5.74) is 0.350. The topological polar surface area (TPSA) is 38.7 Å². The van der Waals surface area contributed by atoms with Crippen LogP contribution >= 0.6 is 0 Å². The van der Waals surface area contributed by atoms with Crippen molar-refractivity contribution in [1.29, 1.82) is 0 Å². The Morgan fingerprint density at radius 2 is 1.63 bits per heavy atom. The van der Waals surface area contributed by atoms with Gasteiger partial charge in [-0.15, -0.1) is 0 Å². The number of rotatable bonds is 4. The molecule has 100 valence electrons. The van der Waals surface area contributed by atoms with Crippen molar-refractivity contribution in [3.05, 3.63) is 59.7 Å². The van der Waals surface area contributed by atoms with Gasteiger partial charge in [-0.3, -0.25) is 0 Å². The van der Waals surface area contributed by atoms with Gasteiger partial charge in [0.25, 0.3) is 0 Å². The predicted octanol–water partition coefficient (Wildman–Crippen LogP) is 2.96. The van der Waals surface area contributed by atoms with Crippen molar-refractivity contribution in [2.45, 2.75) is 12.5 Å². The van der Waals surface area contributed by atoms with Gasteiger partial charge in [-0.25, -0.2) is 0 Å². The number of hydrogen-bond acceptors (Lipinski definition) is 3. The summed E-state index contributed by atoms with van der Waals surface area (Å²) in [7, 11) is 3.19. The largest absolute Gasteiger partial charge is 0.497 e. The van der Waals surface area contributed by atoms with Crippen molar-refractivity contribution in [3.63, 3.8) is 0 Å². The Morgan fingerprint density at radius 3 is 2.21 bits per heavy atom. The second-order valence-corrected chi connectivity index (χ2v) is 4.50. The minimum atomic E-state index is -1.14. The van der Waals surface area contributed by atoms with Gasteiger partial charge in [0, 0.05) is 5.56 Å². The number of methoxy groups -OCH3 is 2. The van der Waals surface area contributed by atoms with Crippen LogP contribution in [-0.2, 0) is 5.60 Å². The van der Waals surface area contributed by atoms with E-state index < -0.39 is 5.60 Å². The highest BCUT2D eigenvalue weighted by molar-refractivity contribution is 5.48. The molecule has 0 radical (unpaired) electrons. The van der Waals surface area contributed by atoms with E-state index in [-0.39, 0.29) is 0 Å². The fourth-order valence-corrected chi connectivity index (χ4v) is 2.11. The van der Waals surface area contributed by atoms with Gasteiger partial charge in [0.05, 0.1) is 14.2 Å². The summed E-state index contributed by atoms with van der Waals surface area (Å²) < 4.78 is 10.6. The summed E-state index contributed by atoms with van der Waals surface area (Å²) in [6.45, 7) is 1.75. The molecule has 0 aliphatic heterocycles. The zero-order valence-electron chi connectivity index (χ0n) is 11.4. The van der Waals surface area contributed by atoms with Crippen LogP contribution in [0.25, 0.3) is 0 Å². The predicted molar refractivity (Wildman–Crippen MR) is 74.7 cm³/mol. The highest BCUT2D eigenvalue weighted by atomic mass is 16.5. The van der Waals surface area contributed by atoms with Gasteiger partial charge in [-0.2, -0.15) is 0 Å². The van der Waals surface area contributed by atoms with Crippen molar-refractivity contribution in [2.24, 2.45) is 0 Å². The van der Waals surface area contributed by atoms with Gasteiger partial charge in [-0.05, 0) is 30.7 Å². The monoisotopic (exact) mass is 258 g/mol. The van der Waals surface area contributed by atoms with Crippen LogP contribution in [0.4, 0.5) is 0 Å². The van der Waals surface area contributed by atoms with Crippen LogP contribution in [0.3, 0.4) is 0 Å². The molecular weight excluding hydrogens is 240 g/mol. The van der Waals surface area contributed by atoms with E-state index in [4.69, 9.17) is 9.47 Å². The van der Waals surface area contributed by atoms with Crippen LogP contribution in [0.1, 0.15) is 18.1 Å². The van der Waals surface area contributed by atoms with Gasteiger partial charge < -0.3 is 14.6 Å². The van der Waals surface area contributed by atoms with E-state index >= 15 is 0 Å². The van der Waals surface area contributed by atoms with Crippen LogP contribution in [-0.4, -0.2) is 19.3 Å². The summed E-state index contributed by atoms with van der Waals surface area (Å²) in [4.78, 5) is 0. The lowest BCUT2D eigenvalue weighted by molar-refractivity contribution is 0.0986. The Morgan fingerprint density at radius 1 is 0.947 bits per heavy atom. The van der Waals surface area contributed by atoms with Crippen LogP contribution in [0.2, 0.25) is 0 Å². The fourth-order valence-electron chi connectivity index (χ4n) is 2.11. The molecule has 0 heterocycles. The Labute approximate surface area is 113 Å². The lowest BCUT2D eigenvalue weighted by atomic mass is 9.87. The van der Waals surface area contributed by atoms with Gasteiger partial charge in [0.2, 0.25) is 0 Å². The first kappa shape index (κ1) is 13.4. The Hall–Kier alpha value is -2.00. The minimum Gasteiger partial charge on any atom is -0.497 e. The van der Waals surface area contributed by atoms with Crippen molar-refractivity contribution >= 4 is 0 Å². The first-order valence-corrected chi connectivity index (χ1v) is 6.10. The molecule has 1 atom stereocenters. The Kier molecular flexibility index (Phi) is 3.76. The first-order valence-electron chi connectivity index (χ1n) is 6.10. The van der Waals surface area contributed by atoms with E-state index in [1.165, 1.54) is 0 Å². The summed E-state index contributed by atoms with van der Waals surface area (Å²) >= 11 is 0. The second kappa shape index (κ2) is 5.33. The van der Waals surface area contributed by atoms with E-state index in [1.54, 1.807) is 33.3 Å². The van der Waals surface area contributed by atoms with E-state index in [9.17, 15) is 5.11 Å². The smallest absolute Gasteiger partial charge is 0.125 e. The molecule has 2 aromatic carbocycles. The van der Waals surface area contributed by atoms with Crippen LogP contribution in [0, 0.1) is 0 Å². The van der Waals surface area contributed by atoms with E-state index in [1.807, 2.05) is 36.4 Å². The number of ether oxygens (including phenoxy) is 2. The molecule has 0 saturated carbocycles. The standard InChI is InChI=1S/C16H18O3/c1-16(17,12-7-5-4-6-8-12)14-11-13(18-2)9-10-15(14)19-3/h4-11,17H,1-3H3. The molecule has 0 amide bonds. The SMILES string of the molecule is COc1ccc(OC)c(C(C)(O)c2ccccc2)c1. The van der Waals surface area contributed by atoms with Crippen molar-refractivity contribution in [3.8, 4) is 11.5 Å². The van der Waals surface area contributed by atoms with E-state index in [2.05, 4.69) is 0 Å². The zero-order valence-corrected chi connectivity index (χ0v) is 11.4. The highest BCUT2D eigenvalue weighted by Gasteiger charge is 2.29. The molecule has 3 nitrogen and oxygen atoms in total. The van der Waals surface area contributed by atoms with Gasteiger partial charge in [0.15, 0.2) is 0 Å².